The Labute approximate surface area is 187 Å². The number of aliphatic hydroxyl groups excluding tert-OH is 2. The van der Waals surface area contributed by atoms with Gasteiger partial charge in [-0.3, -0.25) is 0 Å². The summed E-state index contributed by atoms with van der Waals surface area (Å²) in [5.74, 6) is 0. The molecule has 0 fully saturated rings. The molecule has 2 rings (SSSR count). The molecule has 0 aliphatic rings. The topological polar surface area (TPSA) is 77.4 Å². The molecule has 184 valence electrons. The molecule has 0 saturated heterocycles. The summed E-state index contributed by atoms with van der Waals surface area (Å²) in [5.41, 5.74) is 2.10. The van der Waals surface area contributed by atoms with Crippen LogP contribution in [0.2, 0.25) is 0 Å². The molecule has 10 heteroatoms. The first-order valence-corrected chi connectivity index (χ1v) is 9.88. The molecule has 0 aliphatic heterocycles. The summed E-state index contributed by atoms with van der Waals surface area (Å²) in [6, 6.07) is 20.3. The average molecular weight is 1500 g/mol. The van der Waals surface area contributed by atoms with Crippen LogP contribution in [0.25, 0.3) is 0 Å². The molecule has 2 aromatic rings. The molecular weight excluding hydrogens is 1460 g/mol. The third-order valence-electron chi connectivity index (χ3n) is 4.59. The van der Waals surface area contributed by atoms with E-state index in [4.69, 9.17) is 29.2 Å². The molecule has 0 aliphatic carbocycles. The first-order chi connectivity index (χ1) is 15.3. The second-order valence-corrected chi connectivity index (χ2v) is 6.77. The number of hydrogen-bond acceptors (Lipinski definition) is 6. The average Bonchev–Trinajstić information content (AvgIpc) is 2.84. The van der Waals surface area contributed by atoms with E-state index in [1.165, 1.54) is 0 Å². The van der Waals surface area contributed by atoms with Crippen LogP contribution < -0.4 is 0 Å². The van der Waals surface area contributed by atoms with Crippen LogP contribution >= 0.6 is 0 Å². The molecule has 0 unspecified atom stereocenters. The Morgan fingerprint density at radius 1 is 0.571 bits per heavy atom. The second kappa shape index (κ2) is 26.2. The summed E-state index contributed by atoms with van der Waals surface area (Å²) in [4.78, 5) is 0. The molecular formula is C25H36O6Rf4-4. The van der Waals surface area contributed by atoms with Crippen LogP contribution in [0.15, 0.2) is 60.7 Å². The van der Waals surface area contributed by atoms with E-state index >= 15 is 0 Å². The summed E-state index contributed by atoms with van der Waals surface area (Å²) in [7, 11) is 11.6. The van der Waals surface area contributed by atoms with Crippen LogP contribution in [0.3, 0.4) is 0 Å². The van der Waals surface area contributed by atoms with Crippen LogP contribution in [0.4, 0.5) is 0 Å². The molecule has 0 radical (unpaired) electrons. The van der Waals surface area contributed by atoms with Crippen molar-refractivity contribution in [3.05, 3.63) is 100 Å². The summed E-state index contributed by atoms with van der Waals surface area (Å²) in [6.45, 7) is 3.37. The van der Waals surface area contributed by atoms with Gasteiger partial charge in [0.25, 0.3) is 0 Å². The number of ether oxygens (including phenoxy) is 4. The van der Waals surface area contributed by atoms with Crippen molar-refractivity contribution in [3.8, 4) is 0 Å². The van der Waals surface area contributed by atoms with Crippen LogP contribution in [-0.4, -0.2) is 36.6 Å². The smallest absolute Gasteiger partial charge is 0.0716 e. The molecule has 2 N–H and O–H groups in total. The first-order valence-electron chi connectivity index (χ1n) is 9.88. The van der Waals surface area contributed by atoms with Crippen molar-refractivity contribution in [3.63, 3.8) is 0 Å². The molecule has 0 atom stereocenters. The predicted molar refractivity (Wildman–Crippen MR) is 121 cm³/mol. The van der Waals surface area contributed by atoms with E-state index in [0.717, 1.165) is 24.0 Å². The number of aliphatic hydroxyl groups is 2. The maximum Gasteiger partial charge on any atom is 0.0716 e. The first kappa shape index (κ1) is 39.7. The number of hydrogen-bond donors (Lipinski definition) is 2. The van der Waals surface area contributed by atoms with Crippen LogP contribution in [0.1, 0.15) is 24.0 Å². The Hall–Kier alpha value is -5.80. The van der Waals surface area contributed by atoms with Crippen molar-refractivity contribution in [1.82, 2.24) is 0 Å². The van der Waals surface area contributed by atoms with Gasteiger partial charge in [-0.1, -0.05) is 60.7 Å². The number of rotatable bonds is 14. The van der Waals surface area contributed by atoms with Gasteiger partial charge in [-0.2, -0.15) is 0 Å². The second-order valence-electron chi connectivity index (χ2n) is 6.77. The van der Waals surface area contributed by atoms with Gasteiger partial charge in [-0.25, -0.2) is 28.4 Å². The Bertz CT molecular complexity index is 568. The van der Waals surface area contributed by atoms with Gasteiger partial charge in [0.15, 0.2) is 0 Å². The van der Waals surface area contributed by atoms with E-state index in [1.54, 1.807) is 0 Å². The molecule has 6 nitrogen and oxygen atoms in total. The van der Waals surface area contributed by atoms with Crippen molar-refractivity contribution in [2.45, 2.75) is 26.1 Å². The SMILES string of the molecule is [CH2-]O.[CH2-]O.[CH2-]OCC(CCOCc1ccccc1)(CCOCc1ccccc1)CO[CH2-].[Rf].[Rf].[Rf].[Rf]. The van der Waals surface area contributed by atoms with Gasteiger partial charge in [0.05, 0.1) is 13.2 Å². The Kier molecular flexibility index (Phi) is 29.7. The van der Waals surface area contributed by atoms with Crippen molar-refractivity contribution in [1.29, 1.82) is 0 Å². The molecule has 0 amide bonds. The van der Waals surface area contributed by atoms with Crippen molar-refractivity contribution in [2.75, 3.05) is 26.4 Å². The van der Waals surface area contributed by atoms with E-state index < -0.39 is 0 Å². The third-order valence-corrected chi connectivity index (χ3v) is 4.59. The fourth-order valence-electron chi connectivity index (χ4n) is 2.99. The quantitative estimate of drug-likeness (QED) is 0.203. The molecule has 0 heterocycles. The molecule has 0 saturated carbocycles. The zero-order valence-corrected chi connectivity index (χ0v) is 46.7. The number of benzene rings is 2. The fourth-order valence-corrected chi connectivity index (χ4v) is 2.99. The van der Waals surface area contributed by atoms with Crippen molar-refractivity contribution in [2.24, 2.45) is 5.41 Å². The minimum Gasteiger partial charge on any atom is -0.569 e. The minimum absolute atomic E-state index is 0. The summed E-state index contributed by atoms with van der Waals surface area (Å²) in [6.07, 6.45) is 1.58. The Morgan fingerprint density at radius 2 is 0.886 bits per heavy atom. The van der Waals surface area contributed by atoms with Gasteiger partial charge in [0, 0.05) is 31.8 Å². The summed E-state index contributed by atoms with van der Waals surface area (Å²) < 4.78 is 22.1. The van der Waals surface area contributed by atoms with E-state index in [9.17, 15) is 0 Å². The normalized spacial score (nSPS) is 9.31. The molecule has 2 aromatic carbocycles. The van der Waals surface area contributed by atoms with Crippen LogP contribution in [0.5, 0.6) is 0 Å². The van der Waals surface area contributed by atoms with E-state index in [2.05, 4.69) is 52.7 Å². The molecule has 0 bridgehead atoms. The van der Waals surface area contributed by atoms with Crippen molar-refractivity contribution < 1.29 is 29.2 Å². The Morgan fingerprint density at radius 3 is 1.17 bits per heavy atom. The molecule has 0 spiro atoms. The minimum atomic E-state index is -0.225. The van der Waals surface area contributed by atoms with E-state index in [0.29, 0.717) is 39.6 Å². The largest absolute Gasteiger partial charge is 0.569 e. The third kappa shape index (κ3) is 16.6. The fraction of sp³-hybridized carbons (Fsp3) is 0.360. The van der Waals surface area contributed by atoms with Crippen LogP contribution in [-0.2, 0) is 32.2 Å². The Balaban J connectivity index is -0.000000356. The van der Waals surface area contributed by atoms with Crippen molar-refractivity contribution >= 4 is 0 Å². The van der Waals surface area contributed by atoms with Gasteiger partial charge < -0.3 is 29.2 Å². The van der Waals surface area contributed by atoms with Gasteiger partial charge in [-0.15, -0.1) is 0 Å². The van der Waals surface area contributed by atoms with Gasteiger partial charge in [-0.05, 0) is 24.0 Å². The van der Waals surface area contributed by atoms with Gasteiger partial charge >= 0.3 is 0 Å². The summed E-state index contributed by atoms with van der Waals surface area (Å²) >= 11 is 0. The standard InChI is InChI=1S/C23H30O4.2CH3O.4Rf/c1-24-19-23(20-25-2,13-15-26-17-21-9-5-3-6-10-21)14-16-27-18-22-11-7-4-8-12-22;2*1-2;;;;/h3-12H,1-2,13-20H2;2*2H,1H2;;;;/q-2;2*-1;;;;. The van der Waals surface area contributed by atoms with Gasteiger partial charge in [0.2, 0.25) is 0 Å². The zero-order chi connectivity index (χ0) is 23.2. The monoisotopic (exact) mass is 1500 g/mol. The van der Waals surface area contributed by atoms with E-state index in [-0.39, 0.29) is 5.41 Å². The van der Waals surface area contributed by atoms with Crippen LogP contribution in [0, 0.1) is 33.9 Å². The maximum atomic E-state index is 6.75. The molecule has 35 heavy (non-hydrogen) atoms. The van der Waals surface area contributed by atoms with E-state index in [1.807, 2.05) is 36.4 Å². The van der Waals surface area contributed by atoms with Gasteiger partial charge in [0.1, 0.15) is 0 Å². The predicted octanol–water partition coefficient (Wildman–Crippen LogP) is 5.10. The maximum absolute atomic E-state index is 6.75. The molecule has 0 aromatic heterocycles. The zero-order valence-electron chi connectivity index (χ0n) is 21.1. The summed E-state index contributed by atoms with van der Waals surface area (Å²) in [5, 5.41) is 13.5.